The summed E-state index contributed by atoms with van der Waals surface area (Å²) >= 11 is 1.64. The average Bonchev–Trinajstić information content (AvgIpc) is 3.01. The zero-order chi connectivity index (χ0) is 15.0. The van der Waals surface area contributed by atoms with Gasteiger partial charge in [0.05, 0.1) is 18.5 Å². The molecular formula is C16H16N2O2S. The highest BCUT2D eigenvalue weighted by Crippen LogP contribution is 2.34. The molecule has 0 unspecified atom stereocenters. The zero-order valence-corrected chi connectivity index (χ0v) is 13.0. The molecule has 0 bridgehead atoms. The van der Waals surface area contributed by atoms with Crippen molar-refractivity contribution in [3.63, 3.8) is 0 Å². The number of rotatable bonds is 4. The number of carbonyl (C=O) groups excluding carboxylic acids is 1. The van der Waals surface area contributed by atoms with E-state index in [9.17, 15) is 4.79 Å². The second kappa shape index (κ2) is 5.33. The van der Waals surface area contributed by atoms with Gasteiger partial charge >= 0.3 is 0 Å². The zero-order valence-electron chi connectivity index (χ0n) is 12.2. The molecule has 4 nitrogen and oxygen atoms in total. The molecule has 0 saturated heterocycles. The minimum absolute atomic E-state index is 0.631. The van der Waals surface area contributed by atoms with Crippen LogP contribution in [0, 0.1) is 6.92 Å². The number of methoxy groups -OCH3 is 1. The molecule has 0 aliphatic carbocycles. The molecule has 108 valence electrons. The van der Waals surface area contributed by atoms with Crippen LogP contribution in [0.3, 0.4) is 0 Å². The Morgan fingerprint density at radius 1 is 1.33 bits per heavy atom. The Labute approximate surface area is 127 Å². The predicted molar refractivity (Wildman–Crippen MR) is 84.6 cm³/mol. The van der Waals surface area contributed by atoms with Crippen molar-refractivity contribution in [3.05, 3.63) is 40.5 Å². The monoisotopic (exact) mass is 300 g/mol. The molecule has 0 saturated carbocycles. The van der Waals surface area contributed by atoms with E-state index in [0.29, 0.717) is 5.69 Å². The summed E-state index contributed by atoms with van der Waals surface area (Å²) in [4.78, 5) is 18.0. The predicted octanol–water partition coefficient (Wildman–Crippen LogP) is 3.75. The number of aldehydes is 1. The Morgan fingerprint density at radius 3 is 2.62 bits per heavy atom. The molecule has 2 heterocycles. The van der Waals surface area contributed by atoms with Crippen molar-refractivity contribution in [2.45, 2.75) is 20.3 Å². The maximum Gasteiger partial charge on any atom is 0.195 e. The topological polar surface area (TPSA) is 43.6 Å². The smallest absolute Gasteiger partial charge is 0.195 e. The lowest BCUT2D eigenvalue weighted by Crippen LogP contribution is -1.96. The lowest BCUT2D eigenvalue weighted by atomic mass is 10.1. The Hall–Kier alpha value is -2.14. The number of thiazole rings is 1. The number of imidazole rings is 1. The Morgan fingerprint density at radius 2 is 2.05 bits per heavy atom. The van der Waals surface area contributed by atoms with Crippen LogP contribution in [-0.4, -0.2) is 22.8 Å². The van der Waals surface area contributed by atoms with Gasteiger partial charge in [0.2, 0.25) is 0 Å². The van der Waals surface area contributed by atoms with Crippen molar-refractivity contribution >= 4 is 22.6 Å². The van der Waals surface area contributed by atoms with Gasteiger partial charge in [-0.15, -0.1) is 11.3 Å². The summed E-state index contributed by atoms with van der Waals surface area (Å²) in [7, 11) is 1.65. The van der Waals surface area contributed by atoms with Gasteiger partial charge in [0.1, 0.15) is 11.4 Å². The van der Waals surface area contributed by atoms with E-state index in [1.54, 1.807) is 18.4 Å². The molecule has 0 aliphatic heterocycles. The van der Waals surface area contributed by atoms with Gasteiger partial charge in [0, 0.05) is 4.88 Å². The average molecular weight is 300 g/mol. The largest absolute Gasteiger partial charge is 0.497 e. The van der Waals surface area contributed by atoms with Gasteiger partial charge in [0.15, 0.2) is 11.2 Å². The Balaban J connectivity index is 2.29. The van der Waals surface area contributed by atoms with Gasteiger partial charge in [-0.2, -0.15) is 0 Å². The summed E-state index contributed by atoms with van der Waals surface area (Å²) < 4.78 is 7.17. The summed E-state index contributed by atoms with van der Waals surface area (Å²) in [5.74, 6) is 0.820. The summed E-state index contributed by atoms with van der Waals surface area (Å²) in [6.07, 6.45) is 1.79. The molecule has 1 aromatic carbocycles. The molecule has 0 fully saturated rings. The summed E-state index contributed by atoms with van der Waals surface area (Å²) in [6.45, 7) is 3.98. The number of carbonyl (C=O) groups is 1. The van der Waals surface area contributed by atoms with Gasteiger partial charge in [-0.3, -0.25) is 9.20 Å². The van der Waals surface area contributed by atoms with Crippen LogP contribution >= 0.6 is 11.3 Å². The first-order valence-electron chi connectivity index (χ1n) is 6.80. The van der Waals surface area contributed by atoms with Crippen molar-refractivity contribution in [2.24, 2.45) is 0 Å². The number of fused-ring (bicyclic) bond motifs is 1. The van der Waals surface area contributed by atoms with Crippen molar-refractivity contribution in [1.29, 1.82) is 0 Å². The fraction of sp³-hybridized carbons (Fsp3) is 0.250. The van der Waals surface area contributed by atoms with E-state index in [2.05, 4.69) is 11.9 Å². The number of nitrogens with zero attached hydrogens (tertiary/aromatic N) is 2. The third kappa shape index (κ3) is 2.14. The summed E-state index contributed by atoms with van der Waals surface area (Å²) in [6, 6.07) is 7.90. The molecule has 3 aromatic rings. The van der Waals surface area contributed by atoms with Gasteiger partial charge in [-0.25, -0.2) is 4.98 Å². The molecule has 0 aliphatic rings. The number of aryl methyl sites for hydroxylation is 2. The van der Waals surface area contributed by atoms with Gasteiger partial charge < -0.3 is 4.74 Å². The van der Waals surface area contributed by atoms with Crippen molar-refractivity contribution in [1.82, 2.24) is 9.38 Å². The number of hydrogen-bond acceptors (Lipinski definition) is 4. The van der Waals surface area contributed by atoms with Gasteiger partial charge in [-0.1, -0.05) is 6.92 Å². The summed E-state index contributed by atoms with van der Waals surface area (Å²) in [5.41, 5.74) is 3.53. The number of aromatic nitrogens is 2. The molecule has 5 heteroatoms. The standard InChI is InChI=1S/C16H16N2O2S/c1-4-14-15(11-5-7-12(20-3)8-6-11)18-13(9-19)10(2)17-16(18)21-14/h5-9H,4H2,1-3H3. The number of benzene rings is 1. The first-order chi connectivity index (χ1) is 10.2. The highest BCUT2D eigenvalue weighted by molar-refractivity contribution is 7.17. The van der Waals surface area contributed by atoms with Crippen LogP contribution in [-0.2, 0) is 6.42 Å². The van der Waals surface area contributed by atoms with Crippen molar-refractivity contribution in [2.75, 3.05) is 7.11 Å². The van der Waals surface area contributed by atoms with Crippen LogP contribution in [0.15, 0.2) is 24.3 Å². The second-order valence-corrected chi connectivity index (χ2v) is 5.84. The molecular weight excluding hydrogens is 284 g/mol. The normalized spacial score (nSPS) is 11.0. The van der Waals surface area contributed by atoms with E-state index in [4.69, 9.17) is 4.74 Å². The van der Waals surface area contributed by atoms with Crippen LogP contribution in [0.1, 0.15) is 28.0 Å². The van der Waals surface area contributed by atoms with Gasteiger partial charge in [0.25, 0.3) is 0 Å². The molecule has 0 N–H and O–H groups in total. The number of hydrogen-bond donors (Lipinski definition) is 0. The van der Waals surface area contributed by atoms with Crippen molar-refractivity contribution < 1.29 is 9.53 Å². The van der Waals surface area contributed by atoms with Gasteiger partial charge in [-0.05, 0) is 43.2 Å². The van der Waals surface area contributed by atoms with Crippen molar-refractivity contribution in [3.8, 4) is 17.0 Å². The van der Waals surface area contributed by atoms with E-state index < -0.39 is 0 Å². The Kier molecular flexibility index (Phi) is 3.51. The summed E-state index contributed by atoms with van der Waals surface area (Å²) in [5, 5.41) is 0. The molecule has 0 atom stereocenters. The fourth-order valence-corrected chi connectivity index (χ4v) is 3.63. The quantitative estimate of drug-likeness (QED) is 0.689. The maximum absolute atomic E-state index is 11.4. The molecule has 3 rings (SSSR count). The van der Waals surface area contributed by atoms with Crippen LogP contribution < -0.4 is 4.74 Å². The minimum Gasteiger partial charge on any atom is -0.497 e. The Bertz CT molecular complexity index is 800. The highest BCUT2D eigenvalue weighted by atomic mass is 32.1. The van der Waals surface area contributed by atoms with E-state index in [-0.39, 0.29) is 0 Å². The van der Waals surface area contributed by atoms with Crippen LogP contribution in [0.2, 0.25) is 0 Å². The first kappa shape index (κ1) is 13.8. The molecule has 0 radical (unpaired) electrons. The number of ether oxygens (including phenoxy) is 1. The molecule has 2 aromatic heterocycles. The fourth-order valence-electron chi connectivity index (χ4n) is 2.50. The van der Waals surface area contributed by atoms with Crippen LogP contribution in [0.5, 0.6) is 5.75 Å². The molecule has 0 amide bonds. The minimum atomic E-state index is 0.631. The maximum atomic E-state index is 11.4. The van der Waals surface area contributed by atoms with E-state index in [1.807, 2.05) is 35.6 Å². The molecule has 21 heavy (non-hydrogen) atoms. The lowest BCUT2D eigenvalue weighted by Gasteiger charge is -2.06. The molecule has 0 spiro atoms. The van der Waals surface area contributed by atoms with E-state index >= 15 is 0 Å². The third-order valence-corrected chi connectivity index (χ3v) is 4.75. The van der Waals surface area contributed by atoms with E-state index in [1.165, 1.54) is 4.88 Å². The third-order valence-electron chi connectivity index (χ3n) is 3.56. The van der Waals surface area contributed by atoms with Crippen LogP contribution in [0.25, 0.3) is 16.2 Å². The first-order valence-corrected chi connectivity index (χ1v) is 7.61. The second-order valence-electron chi connectivity index (χ2n) is 4.77. The lowest BCUT2D eigenvalue weighted by molar-refractivity contribution is 0.111. The van der Waals surface area contributed by atoms with E-state index in [0.717, 1.165) is 40.4 Å². The SMILES string of the molecule is CCc1sc2nc(C)c(C=O)n2c1-c1ccc(OC)cc1. The van der Waals surface area contributed by atoms with Crippen LogP contribution in [0.4, 0.5) is 0 Å². The highest BCUT2D eigenvalue weighted by Gasteiger charge is 2.19.